The van der Waals surface area contributed by atoms with Crippen molar-refractivity contribution in [2.45, 2.75) is 30.7 Å². The Morgan fingerprint density at radius 2 is 2.23 bits per heavy atom. The summed E-state index contributed by atoms with van der Waals surface area (Å²) in [5.74, 6) is -1.12. The highest BCUT2D eigenvalue weighted by Crippen LogP contribution is 2.41. The first-order valence-electron chi connectivity index (χ1n) is 7.52. The number of hydrogen-bond donors (Lipinski definition) is 1. The fraction of sp³-hybridized carbons (Fsp3) is 0.562. The van der Waals surface area contributed by atoms with Crippen molar-refractivity contribution in [3.05, 3.63) is 35.9 Å². The molecule has 6 nitrogen and oxygen atoms in total. The van der Waals surface area contributed by atoms with E-state index in [2.05, 4.69) is 4.90 Å². The number of nitrogens with two attached hydrogens (primary N) is 1. The number of amides is 1. The van der Waals surface area contributed by atoms with Gasteiger partial charge in [0.05, 0.1) is 18.7 Å². The number of primary amides is 1. The van der Waals surface area contributed by atoms with E-state index in [1.807, 2.05) is 30.3 Å². The van der Waals surface area contributed by atoms with Crippen LogP contribution in [0.5, 0.6) is 0 Å². The Morgan fingerprint density at radius 1 is 1.45 bits per heavy atom. The third-order valence-corrected chi connectivity index (χ3v) is 4.51. The fourth-order valence-corrected chi connectivity index (χ4v) is 3.37. The third-order valence-electron chi connectivity index (χ3n) is 4.51. The van der Waals surface area contributed by atoms with Gasteiger partial charge in [-0.3, -0.25) is 9.69 Å². The summed E-state index contributed by atoms with van der Waals surface area (Å²) in [6.07, 6.45) is 1.14. The minimum absolute atomic E-state index is 0.00854. The molecule has 0 aliphatic carbocycles. The minimum atomic E-state index is -0.782. The molecular formula is C16H22N2O4. The van der Waals surface area contributed by atoms with Gasteiger partial charge in [-0.1, -0.05) is 30.3 Å². The van der Waals surface area contributed by atoms with Crippen LogP contribution in [0.2, 0.25) is 0 Å². The van der Waals surface area contributed by atoms with Gasteiger partial charge in [0.25, 0.3) is 0 Å². The van der Waals surface area contributed by atoms with Crippen LogP contribution in [0.25, 0.3) is 0 Å². The summed E-state index contributed by atoms with van der Waals surface area (Å²) in [4.78, 5) is 14.1. The third kappa shape index (κ3) is 2.87. The van der Waals surface area contributed by atoms with Crippen molar-refractivity contribution in [2.75, 3.05) is 27.1 Å². The lowest BCUT2D eigenvalue weighted by Gasteiger charge is -2.41. The highest BCUT2D eigenvalue weighted by molar-refractivity contribution is 5.80. The first-order valence-corrected chi connectivity index (χ1v) is 7.52. The van der Waals surface area contributed by atoms with Crippen molar-refractivity contribution in [1.82, 2.24) is 4.90 Å². The molecule has 0 spiro atoms. The summed E-state index contributed by atoms with van der Waals surface area (Å²) in [5, 5.41) is 0. The lowest BCUT2D eigenvalue weighted by atomic mass is 9.93. The van der Waals surface area contributed by atoms with Crippen LogP contribution >= 0.6 is 0 Å². The summed E-state index contributed by atoms with van der Waals surface area (Å²) in [6.45, 7) is 1.32. The van der Waals surface area contributed by atoms with Crippen LogP contribution in [-0.4, -0.2) is 49.7 Å². The lowest BCUT2D eigenvalue weighted by molar-refractivity contribution is -0.275. The maximum absolute atomic E-state index is 11.9. The zero-order valence-corrected chi connectivity index (χ0v) is 12.7. The van der Waals surface area contributed by atoms with E-state index in [1.165, 1.54) is 0 Å². The Labute approximate surface area is 130 Å². The van der Waals surface area contributed by atoms with E-state index in [0.29, 0.717) is 26.0 Å². The Balaban J connectivity index is 1.89. The smallest absolute Gasteiger partial charge is 0.235 e. The number of nitrogens with zero attached hydrogens (tertiary/aromatic N) is 1. The van der Waals surface area contributed by atoms with E-state index in [1.54, 1.807) is 7.11 Å². The molecule has 3 aliphatic rings. The summed E-state index contributed by atoms with van der Waals surface area (Å²) >= 11 is 0. The highest BCUT2D eigenvalue weighted by Gasteiger charge is 2.49. The van der Waals surface area contributed by atoms with Gasteiger partial charge in [0, 0.05) is 26.5 Å². The molecular weight excluding hydrogens is 284 g/mol. The van der Waals surface area contributed by atoms with Crippen LogP contribution in [0.3, 0.4) is 0 Å². The predicted octanol–water partition coefficient (Wildman–Crippen LogP) is 1.02. The molecule has 2 bridgehead atoms. The molecule has 3 aliphatic heterocycles. The molecule has 22 heavy (non-hydrogen) atoms. The first kappa shape index (κ1) is 15.4. The van der Waals surface area contributed by atoms with E-state index >= 15 is 0 Å². The average Bonchev–Trinajstić information content (AvgIpc) is 2.82. The van der Waals surface area contributed by atoms with Gasteiger partial charge < -0.3 is 19.9 Å². The van der Waals surface area contributed by atoms with E-state index in [0.717, 1.165) is 5.56 Å². The van der Waals surface area contributed by atoms with Crippen molar-refractivity contribution in [3.8, 4) is 0 Å². The van der Waals surface area contributed by atoms with Gasteiger partial charge in [-0.25, -0.2) is 0 Å². The SMILES string of the molecule is COCO[C@]12CCN([C@H](C(N)=O)C1)[C@H](c1ccccc1)CO2. The minimum Gasteiger partial charge on any atom is -0.368 e. The number of benzene rings is 1. The largest absolute Gasteiger partial charge is 0.368 e. The number of hydrogen-bond acceptors (Lipinski definition) is 5. The zero-order valence-electron chi connectivity index (χ0n) is 12.7. The molecule has 1 aromatic rings. The van der Waals surface area contributed by atoms with E-state index in [-0.39, 0.29) is 18.7 Å². The van der Waals surface area contributed by atoms with Gasteiger partial charge in [0.15, 0.2) is 5.79 Å². The van der Waals surface area contributed by atoms with Crippen LogP contribution in [-0.2, 0) is 19.0 Å². The molecule has 0 radical (unpaired) electrons. The second-order valence-corrected chi connectivity index (χ2v) is 5.81. The quantitative estimate of drug-likeness (QED) is 0.822. The van der Waals surface area contributed by atoms with Crippen molar-refractivity contribution < 1.29 is 19.0 Å². The highest BCUT2D eigenvalue weighted by atomic mass is 16.8. The number of carbonyl (C=O) groups is 1. The molecule has 4 atom stereocenters. The van der Waals surface area contributed by atoms with Crippen molar-refractivity contribution >= 4 is 5.91 Å². The van der Waals surface area contributed by atoms with Crippen LogP contribution in [0.1, 0.15) is 24.4 Å². The molecule has 1 amide bonds. The Kier molecular flexibility index (Phi) is 4.44. The first-order chi connectivity index (χ1) is 10.7. The lowest BCUT2D eigenvalue weighted by Crippen LogP contribution is -2.55. The van der Waals surface area contributed by atoms with Gasteiger partial charge >= 0.3 is 0 Å². The van der Waals surface area contributed by atoms with Crippen LogP contribution in [0, 0.1) is 0 Å². The predicted molar refractivity (Wildman–Crippen MR) is 79.7 cm³/mol. The second kappa shape index (κ2) is 6.34. The van der Waals surface area contributed by atoms with E-state index < -0.39 is 11.8 Å². The number of piperidine rings is 1. The molecule has 0 saturated carbocycles. The van der Waals surface area contributed by atoms with Crippen LogP contribution < -0.4 is 5.73 Å². The number of methoxy groups -OCH3 is 1. The maximum atomic E-state index is 11.9. The standard InChI is InChI=1S/C16H22N2O4/c1-20-11-22-16-7-8-18(13(9-16)15(17)19)14(10-21-16)12-5-3-2-4-6-12/h2-6,13-14H,7-11H2,1H3,(H2,17,19)/t13-,14-,16+/m0/s1. The van der Waals surface area contributed by atoms with Gasteiger partial charge in [-0.15, -0.1) is 0 Å². The number of carbonyl (C=O) groups excluding carboxylic acids is 1. The van der Waals surface area contributed by atoms with Crippen molar-refractivity contribution in [2.24, 2.45) is 5.73 Å². The molecule has 3 fully saturated rings. The summed E-state index contributed by atoms with van der Waals surface area (Å²) in [5.41, 5.74) is 6.75. The molecule has 1 unspecified atom stereocenters. The van der Waals surface area contributed by atoms with E-state index in [9.17, 15) is 4.79 Å². The molecule has 120 valence electrons. The molecule has 6 heteroatoms. The molecule has 3 saturated heterocycles. The summed E-state index contributed by atoms with van der Waals surface area (Å²) in [7, 11) is 1.57. The normalized spacial score (nSPS) is 34.3. The van der Waals surface area contributed by atoms with Crippen LogP contribution in [0.4, 0.5) is 0 Å². The number of rotatable bonds is 5. The van der Waals surface area contributed by atoms with Crippen molar-refractivity contribution in [3.63, 3.8) is 0 Å². The number of ether oxygens (including phenoxy) is 3. The molecule has 1 aromatic carbocycles. The average molecular weight is 306 g/mol. The maximum Gasteiger partial charge on any atom is 0.235 e. The van der Waals surface area contributed by atoms with Gasteiger partial charge in [-0.2, -0.15) is 0 Å². The van der Waals surface area contributed by atoms with Gasteiger partial charge in [0.1, 0.15) is 6.79 Å². The molecule has 0 aromatic heterocycles. The Morgan fingerprint density at radius 3 is 2.91 bits per heavy atom. The monoisotopic (exact) mass is 306 g/mol. The number of fused-ring (bicyclic) bond motifs is 4. The zero-order chi connectivity index (χ0) is 15.6. The Bertz CT molecular complexity index is 524. The van der Waals surface area contributed by atoms with Crippen molar-refractivity contribution in [1.29, 1.82) is 0 Å². The Hall–Kier alpha value is -1.47. The second-order valence-electron chi connectivity index (χ2n) is 5.81. The van der Waals surface area contributed by atoms with Crippen LogP contribution in [0.15, 0.2) is 30.3 Å². The summed E-state index contributed by atoms with van der Waals surface area (Å²) < 4.78 is 16.9. The van der Waals surface area contributed by atoms with E-state index in [4.69, 9.17) is 19.9 Å². The molecule has 2 N–H and O–H groups in total. The topological polar surface area (TPSA) is 74.0 Å². The molecule has 4 rings (SSSR count). The van der Waals surface area contributed by atoms with Gasteiger partial charge in [-0.05, 0) is 5.56 Å². The summed E-state index contributed by atoms with van der Waals surface area (Å²) in [6, 6.07) is 9.67. The van der Waals surface area contributed by atoms with Gasteiger partial charge in [0.2, 0.25) is 5.91 Å². The fourth-order valence-electron chi connectivity index (χ4n) is 3.37. The molecule has 3 heterocycles.